The SMILES string of the molecule is NCCOc1cccc(NC(=O)c2cccc(Cl)c2Cl)c1. The van der Waals surface area contributed by atoms with Gasteiger partial charge < -0.3 is 15.8 Å². The van der Waals surface area contributed by atoms with Gasteiger partial charge in [-0.15, -0.1) is 0 Å². The van der Waals surface area contributed by atoms with Crippen LogP contribution in [-0.2, 0) is 0 Å². The number of anilines is 1. The summed E-state index contributed by atoms with van der Waals surface area (Å²) in [4.78, 5) is 12.2. The van der Waals surface area contributed by atoms with Gasteiger partial charge in [0.1, 0.15) is 12.4 Å². The van der Waals surface area contributed by atoms with E-state index in [1.54, 1.807) is 42.5 Å². The number of hydrogen-bond acceptors (Lipinski definition) is 3. The maximum atomic E-state index is 12.2. The third kappa shape index (κ3) is 4.11. The van der Waals surface area contributed by atoms with Gasteiger partial charge in [0, 0.05) is 18.3 Å². The van der Waals surface area contributed by atoms with Crippen molar-refractivity contribution in [3.63, 3.8) is 0 Å². The molecule has 0 atom stereocenters. The van der Waals surface area contributed by atoms with Crippen LogP contribution in [0.1, 0.15) is 10.4 Å². The summed E-state index contributed by atoms with van der Waals surface area (Å²) >= 11 is 11.9. The Labute approximate surface area is 132 Å². The number of carbonyl (C=O) groups is 1. The van der Waals surface area contributed by atoms with E-state index < -0.39 is 0 Å². The Kier molecular flexibility index (Phi) is 5.44. The van der Waals surface area contributed by atoms with E-state index in [1.807, 2.05) is 0 Å². The lowest BCUT2D eigenvalue weighted by molar-refractivity contribution is 0.102. The van der Waals surface area contributed by atoms with Crippen LogP contribution in [0.15, 0.2) is 42.5 Å². The number of benzene rings is 2. The number of carbonyl (C=O) groups excluding carboxylic acids is 1. The number of halogens is 2. The molecule has 0 aromatic heterocycles. The van der Waals surface area contributed by atoms with E-state index in [1.165, 1.54) is 0 Å². The normalized spacial score (nSPS) is 10.2. The van der Waals surface area contributed by atoms with Crippen molar-refractivity contribution in [2.45, 2.75) is 0 Å². The number of ether oxygens (including phenoxy) is 1. The molecule has 0 spiro atoms. The molecule has 4 nitrogen and oxygen atoms in total. The van der Waals surface area contributed by atoms with E-state index in [4.69, 9.17) is 33.7 Å². The maximum absolute atomic E-state index is 12.2. The Morgan fingerprint density at radius 1 is 1.19 bits per heavy atom. The van der Waals surface area contributed by atoms with Gasteiger partial charge in [0.2, 0.25) is 0 Å². The summed E-state index contributed by atoms with van der Waals surface area (Å²) in [5.41, 5.74) is 6.30. The zero-order chi connectivity index (χ0) is 15.2. The topological polar surface area (TPSA) is 64.3 Å². The summed E-state index contributed by atoms with van der Waals surface area (Å²) in [6.07, 6.45) is 0. The monoisotopic (exact) mass is 324 g/mol. The first-order valence-corrected chi connectivity index (χ1v) is 7.05. The molecule has 0 saturated heterocycles. The van der Waals surface area contributed by atoms with Gasteiger partial charge in [-0.25, -0.2) is 0 Å². The number of rotatable bonds is 5. The van der Waals surface area contributed by atoms with Gasteiger partial charge in [0.25, 0.3) is 5.91 Å². The molecule has 110 valence electrons. The summed E-state index contributed by atoms with van der Waals surface area (Å²) in [5.74, 6) is 0.300. The predicted octanol–water partition coefficient (Wildman–Crippen LogP) is 3.58. The van der Waals surface area contributed by atoms with Gasteiger partial charge in [-0.3, -0.25) is 4.79 Å². The van der Waals surface area contributed by atoms with Gasteiger partial charge in [-0.05, 0) is 24.3 Å². The fourth-order valence-electron chi connectivity index (χ4n) is 1.72. The van der Waals surface area contributed by atoms with Gasteiger partial charge in [-0.2, -0.15) is 0 Å². The van der Waals surface area contributed by atoms with E-state index >= 15 is 0 Å². The minimum atomic E-state index is -0.335. The number of nitrogens with one attached hydrogen (secondary N) is 1. The Morgan fingerprint density at radius 2 is 1.95 bits per heavy atom. The zero-order valence-electron chi connectivity index (χ0n) is 11.1. The van der Waals surface area contributed by atoms with Crippen molar-refractivity contribution in [2.75, 3.05) is 18.5 Å². The molecule has 21 heavy (non-hydrogen) atoms. The molecule has 0 fully saturated rings. The van der Waals surface area contributed by atoms with Crippen molar-refractivity contribution in [1.29, 1.82) is 0 Å². The maximum Gasteiger partial charge on any atom is 0.257 e. The molecule has 0 bridgehead atoms. The molecule has 0 heterocycles. The van der Waals surface area contributed by atoms with Crippen LogP contribution in [0.2, 0.25) is 10.0 Å². The molecule has 1 amide bonds. The minimum absolute atomic E-state index is 0.229. The molecule has 0 aliphatic heterocycles. The van der Waals surface area contributed by atoms with Crippen LogP contribution < -0.4 is 15.8 Å². The van der Waals surface area contributed by atoms with E-state index in [0.29, 0.717) is 35.2 Å². The summed E-state index contributed by atoms with van der Waals surface area (Å²) < 4.78 is 5.40. The zero-order valence-corrected chi connectivity index (χ0v) is 12.6. The van der Waals surface area contributed by atoms with Crippen molar-refractivity contribution < 1.29 is 9.53 Å². The van der Waals surface area contributed by atoms with Crippen LogP contribution in [0.25, 0.3) is 0 Å². The lowest BCUT2D eigenvalue weighted by atomic mass is 10.2. The highest BCUT2D eigenvalue weighted by Crippen LogP contribution is 2.26. The third-order valence-corrected chi connectivity index (χ3v) is 3.49. The molecule has 0 aliphatic carbocycles. The minimum Gasteiger partial charge on any atom is -0.492 e. The molecule has 2 aromatic rings. The standard InChI is InChI=1S/C15H14Cl2N2O2/c16-13-6-2-5-12(14(13)17)15(20)19-10-3-1-4-11(9-10)21-8-7-18/h1-6,9H,7-8,18H2,(H,19,20). The lowest BCUT2D eigenvalue weighted by Crippen LogP contribution is -2.13. The Hall–Kier alpha value is -1.75. The molecule has 0 aliphatic rings. The second-order valence-electron chi connectivity index (χ2n) is 4.22. The molecule has 6 heteroatoms. The first-order valence-electron chi connectivity index (χ1n) is 6.30. The number of amides is 1. The quantitative estimate of drug-likeness (QED) is 0.883. The van der Waals surface area contributed by atoms with Crippen LogP contribution in [0.3, 0.4) is 0 Å². The largest absolute Gasteiger partial charge is 0.492 e. The highest BCUT2D eigenvalue weighted by molar-refractivity contribution is 6.44. The van der Waals surface area contributed by atoms with Crippen LogP contribution in [0.5, 0.6) is 5.75 Å². The first-order chi connectivity index (χ1) is 10.1. The predicted molar refractivity (Wildman–Crippen MR) is 85.4 cm³/mol. The molecule has 0 saturated carbocycles. The highest BCUT2D eigenvalue weighted by Gasteiger charge is 2.12. The molecular weight excluding hydrogens is 311 g/mol. The average molecular weight is 325 g/mol. The first kappa shape index (κ1) is 15.6. The van der Waals surface area contributed by atoms with E-state index in [-0.39, 0.29) is 10.9 Å². The Balaban J connectivity index is 2.14. The van der Waals surface area contributed by atoms with Crippen molar-refractivity contribution in [3.05, 3.63) is 58.1 Å². The van der Waals surface area contributed by atoms with Crippen molar-refractivity contribution in [3.8, 4) is 5.75 Å². The molecule has 0 unspecified atom stereocenters. The fraction of sp³-hybridized carbons (Fsp3) is 0.133. The third-order valence-electron chi connectivity index (χ3n) is 2.67. The van der Waals surface area contributed by atoms with Gasteiger partial charge >= 0.3 is 0 Å². The smallest absolute Gasteiger partial charge is 0.257 e. The van der Waals surface area contributed by atoms with Crippen LogP contribution in [-0.4, -0.2) is 19.1 Å². The summed E-state index contributed by atoms with van der Waals surface area (Å²) in [6.45, 7) is 0.840. The summed E-state index contributed by atoms with van der Waals surface area (Å²) in [7, 11) is 0. The van der Waals surface area contributed by atoms with Gasteiger partial charge in [0.05, 0.1) is 15.6 Å². The second-order valence-corrected chi connectivity index (χ2v) is 5.01. The van der Waals surface area contributed by atoms with E-state index in [0.717, 1.165) is 0 Å². The molecule has 3 N–H and O–H groups in total. The fourth-order valence-corrected chi connectivity index (χ4v) is 2.10. The van der Waals surface area contributed by atoms with Crippen LogP contribution >= 0.6 is 23.2 Å². The van der Waals surface area contributed by atoms with Crippen molar-refractivity contribution in [2.24, 2.45) is 5.73 Å². The highest BCUT2D eigenvalue weighted by atomic mass is 35.5. The number of hydrogen-bond donors (Lipinski definition) is 2. The van der Waals surface area contributed by atoms with Gasteiger partial charge in [0.15, 0.2) is 0 Å². The van der Waals surface area contributed by atoms with Crippen LogP contribution in [0, 0.1) is 0 Å². The molecule has 2 aromatic carbocycles. The van der Waals surface area contributed by atoms with Crippen LogP contribution in [0.4, 0.5) is 5.69 Å². The summed E-state index contributed by atoms with van der Waals surface area (Å²) in [6, 6.07) is 11.9. The van der Waals surface area contributed by atoms with E-state index in [9.17, 15) is 4.79 Å². The average Bonchev–Trinajstić information content (AvgIpc) is 2.48. The second kappa shape index (κ2) is 7.31. The van der Waals surface area contributed by atoms with Gasteiger partial charge in [-0.1, -0.05) is 35.3 Å². The Bertz CT molecular complexity index is 647. The van der Waals surface area contributed by atoms with E-state index in [2.05, 4.69) is 5.32 Å². The number of nitrogens with two attached hydrogens (primary N) is 1. The van der Waals surface area contributed by atoms with Crippen molar-refractivity contribution >= 4 is 34.8 Å². The molecule has 2 rings (SSSR count). The molecular formula is C15H14Cl2N2O2. The van der Waals surface area contributed by atoms with Crippen molar-refractivity contribution in [1.82, 2.24) is 0 Å². The Morgan fingerprint density at radius 3 is 2.71 bits per heavy atom. The summed E-state index contributed by atoms with van der Waals surface area (Å²) in [5, 5.41) is 3.32. The molecule has 0 radical (unpaired) electrons. The lowest BCUT2D eigenvalue weighted by Gasteiger charge is -2.09.